The van der Waals surface area contributed by atoms with Gasteiger partial charge in [-0.3, -0.25) is 9.59 Å². The van der Waals surface area contributed by atoms with E-state index in [1.165, 1.54) is 11.3 Å². The first kappa shape index (κ1) is 15.8. The van der Waals surface area contributed by atoms with Crippen molar-refractivity contribution in [3.05, 3.63) is 41.4 Å². The van der Waals surface area contributed by atoms with Crippen LogP contribution in [-0.4, -0.2) is 22.5 Å². The molecule has 4 aliphatic rings. The van der Waals surface area contributed by atoms with E-state index < -0.39 is 5.72 Å². The minimum absolute atomic E-state index is 0.0343. The molecule has 6 rings (SSSR count). The molecule has 6 nitrogen and oxygen atoms in total. The Morgan fingerprint density at radius 2 is 2.23 bits per heavy atom. The van der Waals surface area contributed by atoms with E-state index in [-0.39, 0.29) is 29.6 Å². The minimum atomic E-state index is -0.674. The summed E-state index contributed by atoms with van der Waals surface area (Å²) in [5.74, 6) is 0.881. The highest BCUT2D eigenvalue weighted by atomic mass is 32.1. The number of ether oxygens (including phenoxy) is 1. The number of nitrogens with one attached hydrogen (secondary N) is 2. The van der Waals surface area contributed by atoms with E-state index in [1.807, 2.05) is 23.6 Å². The molecule has 0 radical (unpaired) electrons. The van der Waals surface area contributed by atoms with Crippen molar-refractivity contribution in [1.29, 1.82) is 0 Å². The van der Waals surface area contributed by atoms with Crippen LogP contribution in [0.3, 0.4) is 0 Å². The number of para-hydroxylation sites is 1. The average molecular weight is 369 g/mol. The molecule has 1 aromatic carbocycles. The highest BCUT2D eigenvalue weighted by molar-refractivity contribution is 7.13. The predicted molar refractivity (Wildman–Crippen MR) is 96.9 cm³/mol. The van der Waals surface area contributed by atoms with Gasteiger partial charge in [0, 0.05) is 29.8 Å². The van der Waals surface area contributed by atoms with Crippen molar-refractivity contribution >= 4 is 28.3 Å². The summed E-state index contributed by atoms with van der Waals surface area (Å²) in [6.07, 6.45) is 5.04. The molecule has 2 N–H and O–H groups in total. The molecule has 7 heteroatoms. The average Bonchev–Trinajstić information content (AvgIpc) is 3.15. The van der Waals surface area contributed by atoms with Crippen LogP contribution in [0.1, 0.15) is 36.0 Å². The molecule has 1 spiro atoms. The number of nitrogens with zero attached hydrogens (tertiary/aromatic N) is 1. The second-order valence-electron chi connectivity index (χ2n) is 7.35. The monoisotopic (exact) mass is 369 g/mol. The Balaban J connectivity index is 1.38. The summed E-state index contributed by atoms with van der Waals surface area (Å²) < 4.78 is 6.32. The van der Waals surface area contributed by atoms with Crippen molar-refractivity contribution in [1.82, 2.24) is 10.3 Å². The summed E-state index contributed by atoms with van der Waals surface area (Å²) in [5.41, 5.74) is -0.0931. The topological polar surface area (TPSA) is 80.3 Å². The second-order valence-corrected chi connectivity index (χ2v) is 8.24. The number of benzene rings is 1. The molecule has 4 atom stereocenters. The lowest BCUT2D eigenvalue weighted by molar-refractivity contribution is -0.142. The van der Waals surface area contributed by atoms with Gasteiger partial charge in [-0.2, -0.15) is 0 Å². The number of hydrogen-bond donors (Lipinski definition) is 2. The molecule has 2 amide bonds. The third-order valence-corrected chi connectivity index (χ3v) is 6.65. The molecule has 1 aliphatic heterocycles. The zero-order valence-corrected chi connectivity index (χ0v) is 14.9. The summed E-state index contributed by atoms with van der Waals surface area (Å²) in [4.78, 5) is 29.4. The molecule has 0 saturated heterocycles. The fourth-order valence-electron chi connectivity index (χ4n) is 4.76. The Bertz CT molecular complexity index is 869. The zero-order chi connectivity index (χ0) is 17.7. The summed E-state index contributed by atoms with van der Waals surface area (Å²) >= 11 is 1.42. The van der Waals surface area contributed by atoms with Crippen molar-refractivity contribution < 1.29 is 14.3 Å². The maximum absolute atomic E-state index is 12.7. The number of carbonyl (C=O) groups is 2. The van der Waals surface area contributed by atoms with E-state index in [0.29, 0.717) is 22.9 Å². The predicted octanol–water partition coefficient (Wildman–Crippen LogP) is 3.04. The highest BCUT2D eigenvalue weighted by Gasteiger charge is 2.57. The first-order chi connectivity index (χ1) is 12.6. The Morgan fingerprint density at radius 1 is 1.35 bits per heavy atom. The zero-order valence-electron chi connectivity index (χ0n) is 14.1. The van der Waals surface area contributed by atoms with Crippen molar-refractivity contribution in [3.8, 4) is 5.75 Å². The number of anilines is 1. The molecule has 26 heavy (non-hydrogen) atoms. The second kappa shape index (κ2) is 5.81. The molecule has 0 unspecified atom stereocenters. The Kier molecular flexibility index (Phi) is 3.53. The minimum Gasteiger partial charge on any atom is -0.467 e. The van der Waals surface area contributed by atoms with E-state index in [4.69, 9.17) is 4.74 Å². The van der Waals surface area contributed by atoms with Gasteiger partial charge in [0.05, 0.1) is 5.56 Å². The third-order valence-electron chi connectivity index (χ3n) is 5.97. The van der Waals surface area contributed by atoms with Crippen LogP contribution in [0.15, 0.2) is 35.8 Å². The van der Waals surface area contributed by atoms with Crippen molar-refractivity contribution in [2.75, 3.05) is 5.32 Å². The van der Waals surface area contributed by atoms with Crippen LogP contribution >= 0.6 is 11.3 Å². The maximum Gasteiger partial charge on any atom is 0.258 e. The number of aromatic nitrogens is 1. The molecular formula is C19H19N3O3S. The number of rotatable bonds is 2. The van der Waals surface area contributed by atoms with Gasteiger partial charge in [-0.25, -0.2) is 4.98 Å². The van der Waals surface area contributed by atoms with Crippen LogP contribution in [0.25, 0.3) is 0 Å². The Hall–Kier alpha value is -2.41. The van der Waals surface area contributed by atoms with Crippen molar-refractivity contribution in [2.45, 2.75) is 31.4 Å². The molecule has 134 valence electrons. The van der Waals surface area contributed by atoms with Crippen molar-refractivity contribution in [2.24, 2.45) is 17.8 Å². The van der Waals surface area contributed by atoms with Gasteiger partial charge in [0.1, 0.15) is 5.75 Å². The summed E-state index contributed by atoms with van der Waals surface area (Å²) in [6, 6.07) is 7.36. The van der Waals surface area contributed by atoms with Crippen LogP contribution < -0.4 is 15.4 Å². The molecule has 3 aliphatic carbocycles. The first-order valence-corrected chi connectivity index (χ1v) is 9.83. The summed E-state index contributed by atoms with van der Waals surface area (Å²) in [5, 5.41) is 8.54. The van der Waals surface area contributed by atoms with E-state index in [9.17, 15) is 9.59 Å². The lowest BCUT2D eigenvalue weighted by atomic mass is 9.60. The van der Waals surface area contributed by atoms with Crippen LogP contribution in [0.5, 0.6) is 5.75 Å². The third kappa shape index (κ3) is 2.41. The standard InChI is InChI=1S/C19H19N3O3S/c23-16(21-18-20-7-8-26-18)14-9-12-6-5-11(14)10-19(12)22-17(24)13-3-1-2-4-15(13)25-19/h1-4,7-8,11-12,14H,5-6,9-10H2,(H,22,24)(H,20,21,23)/t11-,12+,14-,19+/m0/s1. The summed E-state index contributed by atoms with van der Waals surface area (Å²) in [6.45, 7) is 0. The maximum atomic E-state index is 12.7. The molecule has 3 saturated carbocycles. The van der Waals surface area contributed by atoms with E-state index in [0.717, 1.165) is 19.3 Å². The normalized spacial score (nSPS) is 31.8. The van der Waals surface area contributed by atoms with Gasteiger partial charge in [-0.15, -0.1) is 11.3 Å². The number of fused-ring (bicyclic) bond motifs is 3. The molecule has 3 fully saturated rings. The Labute approximate surface area is 155 Å². The fraction of sp³-hybridized carbons (Fsp3) is 0.421. The van der Waals surface area contributed by atoms with Gasteiger partial charge in [-0.05, 0) is 37.3 Å². The van der Waals surface area contributed by atoms with Crippen LogP contribution in [0.2, 0.25) is 0 Å². The van der Waals surface area contributed by atoms with Gasteiger partial charge in [0.15, 0.2) is 10.9 Å². The van der Waals surface area contributed by atoms with Gasteiger partial charge < -0.3 is 15.4 Å². The van der Waals surface area contributed by atoms with E-state index in [2.05, 4.69) is 15.6 Å². The first-order valence-electron chi connectivity index (χ1n) is 8.95. The van der Waals surface area contributed by atoms with Gasteiger partial charge in [0.25, 0.3) is 5.91 Å². The number of thiazole rings is 1. The molecular weight excluding hydrogens is 350 g/mol. The largest absolute Gasteiger partial charge is 0.467 e. The Morgan fingerprint density at radius 3 is 3.00 bits per heavy atom. The summed E-state index contributed by atoms with van der Waals surface area (Å²) in [7, 11) is 0. The fourth-order valence-corrected chi connectivity index (χ4v) is 5.30. The molecule has 2 bridgehead atoms. The molecule has 2 heterocycles. The number of amides is 2. The highest BCUT2D eigenvalue weighted by Crippen LogP contribution is 2.52. The number of hydrogen-bond acceptors (Lipinski definition) is 5. The van der Waals surface area contributed by atoms with Crippen LogP contribution in [0, 0.1) is 17.8 Å². The lowest BCUT2D eigenvalue weighted by Crippen LogP contribution is -2.66. The van der Waals surface area contributed by atoms with Gasteiger partial charge in [-0.1, -0.05) is 12.1 Å². The molecule has 1 aromatic heterocycles. The van der Waals surface area contributed by atoms with E-state index >= 15 is 0 Å². The van der Waals surface area contributed by atoms with Gasteiger partial charge in [0.2, 0.25) is 5.91 Å². The van der Waals surface area contributed by atoms with Gasteiger partial charge >= 0.3 is 0 Å². The van der Waals surface area contributed by atoms with Crippen LogP contribution in [-0.2, 0) is 4.79 Å². The SMILES string of the molecule is O=C1N[C@]2(C[C@@H]3CC[C@@H]2C[C@@H]3C(=O)Nc2nccs2)Oc2ccccc21. The lowest BCUT2D eigenvalue weighted by Gasteiger charge is -2.55. The van der Waals surface area contributed by atoms with E-state index in [1.54, 1.807) is 12.3 Å². The van der Waals surface area contributed by atoms with Crippen molar-refractivity contribution in [3.63, 3.8) is 0 Å². The number of carbonyl (C=O) groups excluding carboxylic acids is 2. The quantitative estimate of drug-likeness (QED) is 0.853. The van der Waals surface area contributed by atoms with Crippen LogP contribution in [0.4, 0.5) is 5.13 Å². The smallest absolute Gasteiger partial charge is 0.258 e. The molecule has 2 aromatic rings.